The van der Waals surface area contributed by atoms with Crippen LogP contribution >= 0.6 is 0 Å². The van der Waals surface area contributed by atoms with Gasteiger partial charge in [0.25, 0.3) is 0 Å². The van der Waals surface area contributed by atoms with Gasteiger partial charge >= 0.3 is 0 Å². The molecule has 0 unspecified atom stereocenters. The van der Waals surface area contributed by atoms with Crippen molar-refractivity contribution in [3.8, 4) is 5.75 Å². The molecule has 2 rings (SSSR count). The normalized spacial score (nSPS) is 18.2. The molecule has 1 saturated heterocycles. The third-order valence-electron chi connectivity index (χ3n) is 3.42. The van der Waals surface area contributed by atoms with Crippen LogP contribution in [0.2, 0.25) is 0 Å². The maximum absolute atomic E-state index is 13.1. The lowest BCUT2D eigenvalue weighted by Gasteiger charge is -2.29. The number of phenolic OH excluding ortho intramolecular Hbond substituents is 1. The van der Waals surface area contributed by atoms with Crippen molar-refractivity contribution in [2.75, 3.05) is 20.1 Å². The molecule has 0 atom stereocenters. The third-order valence-corrected chi connectivity index (χ3v) is 3.42. The second kappa shape index (κ2) is 5.63. The summed E-state index contributed by atoms with van der Waals surface area (Å²) in [6.07, 6.45) is 2.06. The molecular formula is C13H18F2N2O. The topological polar surface area (TPSA) is 35.5 Å². The predicted octanol–water partition coefficient (Wildman–Crippen LogP) is 1.85. The average molecular weight is 256 g/mol. The fourth-order valence-electron chi connectivity index (χ4n) is 2.19. The molecule has 0 amide bonds. The third kappa shape index (κ3) is 3.17. The lowest BCUT2D eigenvalue weighted by Crippen LogP contribution is -2.40. The Morgan fingerprint density at radius 1 is 1.28 bits per heavy atom. The molecule has 0 spiro atoms. The van der Waals surface area contributed by atoms with Crippen molar-refractivity contribution in [3.63, 3.8) is 0 Å². The van der Waals surface area contributed by atoms with Crippen molar-refractivity contribution in [2.24, 2.45) is 0 Å². The molecule has 1 aliphatic rings. The Labute approximate surface area is 105 Å². The molecule has 0 bridgehead atoms. The smallest absolute Gasteiger partial charge is 0.162 e. The van der Waals surface area contributed by atoms with Crippen LogP contribution < -0.4 is 5.32 Å². The van der Waals surface area contributed by atoms with Crippen molar-refractivity contribution in [3.05, 3.63) is 29.3 Å². The van der Waals surface area contributed by atoms with Crippen LogP contribution in [0.4, 0.5) is 8.78 Å². The zero-order valence-electron chi connectivity index (χ0n) is 10.4. The maximum Gasteiger partial charge on any atom is 0.162 e. The summed E-state index contributed by atoms with van der Waals surface area (Å²) in [5.74, 6) is -2.14. The molecule has 1 aliphatic heterocycles. The molecule has 100 valence electrons. The van der Waals surface area contributed by atoms with Crippen LogP contribution in [0.3, 0.4) is 0 Å². The van der Waals surface area contributed by atoms with Crippen molar-refractivity contribution in [1.29, 1.82) is 0 Å². The molecule has 1 aromatic rings. The number of likely N-dealkylation sites (tertiary alicyclic amines) is 1. The van der Waals surface area contributed by atoms with E-state index in [1.807, 2.05) is 0 Å². The minimum absolute atomic E-state index is 0.200. The second-order valence-corrected chi connectivity index (χ2v) is 4.85. The first kappa shape index (κ1) is 13.2. The molecule has 0 aliphatic carbocycles. The predicted molar refractivity (Wildman–Crippen MR) is 65.4 cm³/mol. The first-order valence-electron chi connectivity index (χ1n) is 6.15. The van der Waals surface area contributed by atoms with E-state index in [9.17, 15) is 13.9 Å². The van der Waals surface area contributed by atoms with Crippen molar-refractivity contribution in [2.45, 2.75) is 25.4 Å². The summed E-state index contributed by atoms with van der Waals surface area (Å²) in [4.78, 5) is 2.26. The lowest BCUT2D eigenvalue weighted by atomic mass is 10.0. The van der Waals surface area contributed by atoms with Gasteiger partial charge in [0.1, 0.15) is 5.75 Å². The summed E-state index contributed by atoms with van der Waals surface area (Å²) in [6, 6.07) is 2.24. The summed E-state index contributed by atoms with van der Waals surface area (Å²) in [6.45, 7) is 2.42. The van der Waals surface area contributed by atoms with E-state index >= 15 is 0 Å². The van der Waals surface area contributed by atoms with Gasteiger partial charge in [0.05, 0.1) is 0 Å². The van der Waals surface area contributed by atoms with Crippen LogP contribution in [0, 0.1) is 11.6 Å². The summed E-state index contributed by atoms with van der Waals surface area (Å²) < 4.78 is 25.9. The number of halogens is 2. The van der Waals surface area contributed by atoms with Gasteiger partial charge in [0.2, 0.25) is 0 Å². The number of nitrogens with one attached hydrogen (secondary N) is 1. The Hall–Kier alpha value is -1.20. The molecule has 1 heterocycles. The highest BCUT2D eigenvalue weighted by Gasteiger charge is 2.17. The number of aromatic hydroxyl groups is 1. The Bertz CT molecular complexity index is 418. The first-order valence-corrected chi connectivity index (χ1v) is 6.15. The Morgan fingerprint density at radius 2 is 1.89 bits per heavy atom. The molecule has 5 heteroatoms. The van der Waals surface area contributed by atoms with E-state index in [-0.39, 0.29) is 5.75 Å². The summed E-state index contributed by atoms with van der Waals surface area (Å²) in [7, 11) is 2.08. The van der Waals surface area contributed by atoms with Crippen LogP contribution in [-0.4, -0.2) is 36.2 Å². The molecule has 1 fully saturated rings. The van der Waals surface area contributed by atoms with Gasteiger partial charge in [-0.05, 0) is 39.0 Å². The zero-order chi connectivity index (χ0) is 13.1. The standard InChI is InChI=1S/C13H18F2N2O/c1-17-4-2-10(3-5-17)16-8-9-6-11(14)12(15)7-13(9)18/h6-7,10,16,18H,2-5,8H2,1H3. The van der Waals surface area contributed by atoms with Crippen molar-refractivity contribution >= 4 is 0 Å². The van der Waals surface area contributed by atoms with Crippen molar-refractivity contribution < 1.29 is 13.9 Å². The van der Waals surface area contributed by atoms with Crippen molar-refractivity contribution in [1.82, 2.24) is 10.2 Å². The molecule has 3 nitrogen and oxygen atoms in total. The van der Waals surface area contributed by atoms with Crippen LogP contribution in [-0.2, 0) is 6.54 Å². The number of hydrogen-bond donors (Lipinski definition) is 2. The first-order chi connectivity index (χ1) is 8.56. The fourth-order valence-corrected chi connectivity index (χ4v) is 2.19. The van der Waals surface area contributed by atoms with E-state index in [1.165, 1.54) is 0 Å². The number of nitrogens with zero attached hydrogens (tertiary/aromatic N) is 1. The highest BCUT2D eigenvalue weighted by atomic mass is 19.2. The van der Waals surface area contributed by atoms with E-state index in [0.717, 1.165) is 38.1 Å². The van der Waals surface area contributed by atoms with Gasteiger partial charge in [-0.1, -0.05) is 0 Å². The minimum Gasteiger partial charge on any atom is -0.508 e. The van der Waals surface area contributed by atoms with Crippen LogP contribution in [0.25, 0.3) is 0 Å². The number of benzene rings is 1. The van der Waals surface area contributed by atoms with Crippen LogP contribution in [0.15, 0.2) is 12.1 Å². The van der Waals surface area contributed by atoms with Gasteiger partial charge in [-0.2, -0.15) is 0 Å². The van der Waals surface area contributed by atoms with Gasteiger partial charge in [-0.15, -0.1) is 0 Å². The van der Waals surface area contributed by atoms with Gasteiger partial charge in [0, 0.05) is 24.2 Å². The quantitative estimate of drug-likeness (QED) is 0.866. The van der Waals surface area contributed by atoms with Gasteiger partial charge in [-0.3, -0.25) is 0 Å². The molecule has 0 saturated carbocycles. The molecule has 1 aromatic carbocycles. The van der Waals surface area contributed by atoms with Gasteiger partial charge < -0.3 is 15.3 Å². The highest BCUT2D eigenvalue weighted by Crippen LogP contribution is 2.21. The molecule has 2 N–H and O–H groups in total. The monoisotopic (exact) mass is 256 g/mol. The van der Waals surface area contributed by atoms with E-state index in [0.29, 0.717) is 18.2 Å². The fraction of sp³-hybridized carbons (Fsp3) is 0.538. The number of rotatable bonds is 3. The maximum atomic E-state index is 13.1. The Balaban J connectivity index is 1.92. The minimum atomic E-state index is -1.02. The summed E-state index contributed by atoms with van der Waals surface area (Å²) in [5, 5.41) is 12.8. The van der Waals surface area contributed by atoms with E-state index < -0.39 is 11.6 Å². The summed E-state index contributed by atoms with van der Waals surface area (Å²) in [5.41, 5.74) is 0.396. The molecular weight excluding hydrogens is 238 g/mol. The largest absolute Gasteiger partial charge is 0.508 e. The summed E-state index contributed by atoms with van der Waals surface area (Å²) >= 11 is 0. The Morgan fingerprint density at radius 3 is 2.56 bits per heavy atom. The molecule has 0 radical (unpaired) electrons. The second-order valence-electron chi connectivity index (χ2n) is 4.85. The van der Waals surface area contributed by atoms with Crippen LogP contribution in [0.1, 0.15) is 18.4 Å². The van der Waals surface area contributed by atoms with Crippen LogP contribution in [0.5, 0.6) is 5.75 Å². The van der Waals surface area contributed by atoms with E-state index in [4.69, 9.17) is 0 Å². The molecule has 18 heavy (non-hydrogen) atoms. The molecule has 0 aromatic heterocycles. The zero-order valence-corrected chi connectivity index (χ0v) is 10.4. The number of hydrogen-bond acceptors (Lipinski definition) is 3. The number of phenols is 1. The average Bonchev–Trinajstić information content (AvgIpc) is 2.34. The highest BCUT2D eigenvalue weighted by molar-refractivity contribution is 5.33. The Kier molecular flexibility index (Phi) is 4.14. The van der Waals surface area contributed by atoms with Gasteiger partial charge in [-0.25, -0.2) is 8.78 Å². The van der Waals surface area contributed by atoms with E-state index in [2.05, 4.69) is 17.3 Å². The SMILES string of the molecule is CN1CCC(NCc2cc(F)c(F)cc2O)CC1. The number of piperidine rings is 1. The van der Waals surface area contributed by atoms with Gasteiger partial charge in [0.15, 0.2) is 11.6 Å². The lowest BCUT2D eigenvalue weighted by molar-refractivity contribution is 0.233. The van der Waals surface area contributed by atoms with E-state index in [1.54, 1.807) is 0 Å².